The second kappa shape index (κ2) is 9.72. The van der Waals surface area contributed by atoms with Gasteiger partial charge >= 0.3 is 0 Å². The number of unbranched alkanes of at least 4 members (excludes halogenated alkanes) is 2. The molecule has 6 nitrogen and oxygen atoms in total. The SMILES string of the molecule is CCCCCNC(=O)c1nc(C(=O)Nc2c(C)cccc2CC)n2c1CCCC2. The average Bonchev–Trinajstić information content (AvgIpc) is 3.12. The Morgan fingerprint density at radius 3 is 2.72 bits per heavy atom. The lowest BCUT2D eigenvalue weighted by Gasteiger charge is -2.18. The molecule has 0 fully saturated rings. The van der Waals surface area contributed by atoms with Gasteiger partial charge in [-0.15, -0.1) is 0 Å². The van der Waals surface area contributed by atoms with Gasteiger partial charge in [0.15, 0.2) is 5.82 Å². The second-order valence-electron chi connectivity index (χ2n) is 7.72. The molecule has 2 N–H and O–H groups in total. The van der Waals surface area contributed by atoms with Crippen LogP contribution >= 0.6 is 0 Å². The smallest absolute Gasteiger partial charge is 0.291 e. The van der Waals surface area contributed by atoms with E-state index in [1.165, 1.54) is 0 Å². The number of amides is 2. The molecule has 1 aliphatic rings. The Bertz CT molecular complexity index is 885. The van der Waals surface area contributed by atoms with Gasteiger partial charge in [-0.05, 0) is 50.2 Å². The van der Waals surface area contributed by atoms with Crippen molar-refractivity contribution >= 4 is 17.5 Å². The number of carbonyl (C=O) groups is 2. The number of anilines is 1. The number of aromatic nitrogens is 2. The van der Waals surface area contributed by atoms with E-state index in [-0.39, 0.29) is 11.8 Å². The third-order valence-corrected chi connectivity index (χ3v) is 5.58. The van der Waals surface area contributed by atoms with Gasteiger partial charge in [-0.3, -0.25) is 9.59 Å². The molecule has 0 atom stereocenters. The molecule has 0 saturated carbocycles. The van der Waals surface area contributed by atoms with Gasteiger partial charge in [0, 0.05) is 18.8 Å². The van der Waals surface area contributed by atoms with Gasteiger partial charge in [0.2, 0.25) is 0 Å². The molecule has 0 aliphatic carbocycles. The van der Waals surface area contributed by atoms with Crippen molar-refractivity contribution in [3.05, 3.63) is 46.5 Å². The summed E-state index contributed by atoms with van der Waals surface area (Å²) in [5, 5.41) is 6.02. The Morgan fingerprint density at radius 2 is 1.97 bits per heavy atom. The predicted molar refractivity (Wildman–Crippen MR) is 116 cm³/mol. The summed E-state index contributed by atoms with van der Waals surface area (Å²) >= 11 is 0. The van der Waals surface area contributed by atoms with Crippen molar-refractivity contribution in [1.29, 1.82) is 0 Å². The lowest BCUT2D eigenvalue weighted by molar-refractivity contribution is 0.0947. The number of para-hydroxylation sites is 1. The van der Waals surface area contributed by atoms with Crippen LogP contribution in [0.15, 0.2) is 18.2 Å². The van der Waals surface area contributed by atoms with Crippen LogP contribution in [0.3, 0.4) is 0 Å². The van der Waals surface area contributed by atoms with Crippen LogP contribution in [-0.2, 0) is 19.4 Å². The first-order valence-electron chi connectivity index (χ1n) is 10.8. The highest BCUT2D eigenvalue weighted by molar-refractivity contribution is 6.04. The summed E-state index contributed by atoms with van der Waals surface area (Å²) in [7, 11) is 0. The van der Waals surface area contributed by atoms with Crippen molar-refractivity contribution in [2.24, 2.45) is 0 Å². The van der Waals surface area contributed by atoms with Gasteiger partial charge in [-0.25, -0.2) is 4.98 Å². The summed E-state index contributed by atoms with van der Waals surface area (Å²) in [6, 6.07) is 6.02. The number of imidazole rings is 1. The number of nitrogens with zero attached hydrogens (tertiary/aromatic N) is 2. The molecule has 29 heavy (non-hydrogen) atoms. The molecule has 0 saturated heterocycles. The van der Waals surface area contributed by atoms with E-state index >= 15 is 0 Å². The van der Waals surface area contributed by atoms with Crippen LogP contribution in [0.2, 0.25) is 0 Å². The normalized spacial score (nSPS) is 13.1. The van der Waals surface area contributed by atoms with E-state index in [0.29, 0.717) is 18.1 Å². The summed E-state index contributed by atoms with van der Waals surface area (Å²) in [6.45, 7) is 7.57. The number of rotatable bonds is 8. The van der Waals surface area contributed by atoms with Crippen LogP contribution in [0.5, 0.6) is 0 Å². The Balaban J connectivity index is 1.85. The standard InChI is InChI=1S/C23H32N4O2/c1-4-6-8-14-24-22(28)20-18-13-7-9-15-27(18)21(25-20)23(29)26-19-16(3)11-10-12-17(19)5-2/h10-12H,4-9,13-15H2,1-3H3,(H,24,28)(H,26,29). The largest absolute Gasteiger partial charge is 0.351 e. The zero-order chi connectivity index (χ0) is 20.8. The number of nitrogens with one attached hydrogen (secondary N) is 2. The Morgan fingerprint density at radius 1 is 1.14 bits per heavy atom. The highest BCUT2D eigenvalue weighted by Crippen LogP contribution is 2.25. The molecule has 0 unspecified atom stereocenters. The van der Waals surface area contributed by atoms with E-state index in [2.05, 4.69) is 29.5 Å². The number of hydrogen-bond acceptors (Lipinski definition) is 3. The molecule has 1 aromatic heterocycles. The van der Waals surface area contributed by atoms with Crippen molar-refractivity contribution in [2.75, 3.05) is 11.9 Å². The number of carbonyl (C=O) groups excluding carboxylic acids is 2. The Kier molecular flexibility index (Phi) is 7.07. The zero-order valence-corrected chi connectivity index (χ0v) is 17.8. The highest BCUT2D eigenvalue weighted by atomic mass is 16.2. The molecule has 0 bridgehead atoms. The van der Waals surface area contributed by atoms with Gasteiger partial charge in [0.25, 0.3) is 11.8 Å². The molecule has 6 heteroatoms. The molecule has 2 amide bonds. The predicted octanol–water partition coefficient (Wildman–Crippen LogP) is 4.26. The first-order valence-corrected chi connectivity index (χ1v) is 10.8. The molecule has 3 rings (SSSR count). The summed E-state index contributed by atoms with van der Waals surface area (Å²) < 4.78 is 1.93. The van der Waals surface area contributed by atoms with Crippen molar-refractivity contribution in [1.82, 2.24) is 14.9 Å². The minimum Gasteiger partial charge on any atom is -0.351 e. The van der Waals surface area contributed by atoms with E-state index in [9.17, 15) is 9.59 Å². The van der Waals surface area contributed by atoms with Crippen LogP contribution in [0, 0.1) is 6.92 Å². The maximum atomic E-state index is 13.1. The van der Waals surface area contributed by atoms with E-state index < -0.39 is 0 Å². The fourth-order valence-corrected chi connectivity index (χ4v) is 3.93. The van der Waals surface area contributed by atoms with Crippen molar-refractivity contribution in [3.63, 3.8) is 0 Å². The quantitative estimate of drug-likeness (QED) is 0.655. The summed E-state index contributed by atoms with van der Waals surface area (Å²) in [6.07, 6.45) is 6.78. The average molecular weight is 397 g/mol. The molecule has 2 aromatic rings. The van der Waals surface area contributed by atoms with Crippen LogP contribution in [0.25, 0.3) is 0 Å². The van der Waals surface area contributed by atoms with Gasteiger partial charge in [0.05, 0.1) is 5.69 Å². The van der Waals surface area contributed by atoms with Crippen LogP contribution in [-0.4, -0.2) is 27.9 Å². The molecule has 0 radical (unpaired) electrons. The lowest BCUT2D eigenvalue weighted by Crippen LogP contribution is -2.26. The van der Waals surface area contributed by atoms with E-state index in [1.54, 1.807) is 0 Å². The number of benzene rings is 1. The monoisotopic (exact) mass is 396 g/mol. The van der Waals surface area contributed by atoms with Crippen molar-refractivity contribution in [3.8, 4) is 0 Å². The van der Waals surface area contributed by atoms with Gasteiger partial charge in [-0.1, -0.05) is 44.9 Å². The summed E-state index contributed by atoms with van der Waals surface area (Å²) in [4.78, 5) is 30.3. The third-order valence-electron chi connectivity index (χ3n) is 5.58. The maximum absolute atomic E-state index is 13.1. The Labute approximate surface area is 173 Å². The fraction of sp³-hybridized carbons (Fsp3) is 0.522. The lowest BCUT2D eigenvalue weighted by atomic mass is 10.1. The summed E-state index contributed by atoms with van der Waals surface area (Å²) in [5.41, 5.74) is 4.26. The highest BCUT2D eigenvalue weighted by Gasteiger charge is 2.27. The minimum atomic E-state index is -0.248. The number of aryl methyl sites for hydroxylation is 2. The molecule has 156 valence electrons. The fourth-order valence-electron chi connectivity index (χ4n) is 3.93. The molecule has 1 aliphatic heterocycles. The van der Waals surface area contributed by atoms with Gasteiger partial charge < -0.3 is 15.2 Å². The van der Waals surface area contributed by atoms with Crippen LogP contribution in [0.1, 0.15) is 83.9 Å². The minimum absolute atomic E-state index is 0.170. The number of hydrogen-bond donors (Lipinski definition) is 2. The zero-order valence-electron chi connectivity index (χ0n) is 17.8. The summed E-state index contributed by atoms with van der Waals surface area (Å²) in [5.74, 6) is -0.0816. The molecular formula is C23H32N4O2. The van der Waals surface area contributed by atoms with Crippen molar-refractivity contribution in [2.45, 2.75) is 72.3 Å². The topological polar surface area (TPSA) is 76.0 Å². The van der Waals surface area contributed by atoms with Crippen LogP contribution in [0.4, 0.5) is 5.69 Å². The molecule has 1 aromatic carbocycles. The van der Waals surface area contributed by atoms with Gasteiger partial charge in [-0.2, -0.15) is 0 Å². The van der Waals surface area contributed by atoms with E-state index in [0.717, 1.165) is 74.0 Å². The second-order valence-corrected chi connectivity index (χ2v) is 7.72. The van der Waals surface area contributed by atoms with Crippen molar-refractivity contribution < 1.29 is 9.59 Å². The third kappa shape index (κ3) is 4.69. The van der Waals surface area contributed by atoms with Crippen LogP contribution < -0.4 is 10.6 Å². The first kappa shape index (κ1) is 21.1. The van der Waals surface area contributed by atoms with E-state index in [1.807, 2.05) is 29.7 Å². The Hall–Kier alpha value is -2.63. The molecule has 0 spiro atoms. The van der Waals surface area contributed by atoms with E-state index in [4.69, 9.17) is 0 Å². The first-order chi connectivity index (χ1) is 14.1. The molecule has 2 heterocycles. The molecular weight excluding hydrogens is 364 g/mol. The van der Waals surface area contributed by atoms with Gasteiger partial charge in [0.1, 0.15) is 5.69 Å². The maximum Gasteiger partial charge on any atom is 0.291 e. The number of fused-ring (bicyclic) bond motifs is 1.